The second-order valence-corrected chi connectivity index (χ2v) is 3.56. The molecule has 0 bridgehead atoms. The summed E-state index contributed by atoms with van der Waals surface area (Å²) in [5.41, 5.74) is 1.51. The quantitative estimate of drug-likeness (QED) is 0.696. The van der Waals surface area contributed by atoms with Gasteiger partial charge in [-0.3, -0.25) is 0 Å². The zero-order chi connectivity index (χ0) is 10.6. The highest BCUT2D eigenvalue weighted by Crippen LogP contribution is 2.16. The molecule has 0 aromatic heterocycles. The van der Waals surface area contributed by atoms with Gasteiger partial charge in [0.15, 0.2) is 0 Å². The van der Waals surface area contributed by atoms with Gasteiger partial charge in [0.25, 0.3) is 0 Å². The number of nitrogens with zero attached hydrogens (tertiary/aromatic N) is 2. The molecule has 72 valence electrons. The third-order valence-corrected chi connectivity index (χ3v) is 1.91. The van der Waals surface area contributed by atoms with E-state index in [1.54, 1.807) is 18.3 Å². The van der Waals surface area contributed by atoms with Crippen molar-refractivity contribution in [3.8, 4) is 6.07 Å². The molecule has 0 radical (unpaired) electrons. The predicted octanol–water partition coefficient (Wildman–Crippen LogP) is 2.77. The first-order chi connectivity index (χ1) is 6.63. The van der Waals surface area contributed by atoms with Crippen molar-refractivity contribution in [2.75, 3.05) is 14.1 Å². The van der Waals surface area contributed by atoms with Crippen LogP contribution >= 0.6 is 11.6 Å². The van der Waals surface area contributed by atoms with Crippen molar-refractivity contribution in [2.45, 2.75) is 0 Å². The molecular formula is C11H11ClN2. The standard InChI is InChI=1S/C11H11ClN2/c1-14(2)8-10(7-13)9-3-5-11(12)6-4-9/h3-6,8H,1-2H3/b10-8-. The van der Waals surface area contributed by atoms with Gasteiger partial charge in [-0.05, 0) is 17.7 Å². The highest BCUT2D eigenvalue weighted by atomic mass is 35.5. The van der Waals surface area contributed by atoms with Gasteiger partial charge in [-0.1, -0.05) is 23.7 Å². The summed E-state index contributed by atoms with van der Waals surface area (Å²) >= 11 is 5.75. The molecule has 1 aromatic rings. The number of allylic oxidation sites excluding steroid dienone is 1. The van der Waals surface area contributed by atoms with Gasteiger partial charge in [0.2, 0.25) is 0 Å². The lowest BCUT2D eigenvalue weighted by Crippen LogP contribution is -2.02. The van der Waals surface area contributed by atoms with Gasteiger partial charge in [-0.25, -0.2) is 0 Å². The van der Waals surface area contributed by atoms with Crippen molar-refractivity contribution in [3.63, 3.8) is 0 Å². The number of rotatable bonds is 2. The third kappa shape index (κ3) is 2.79. The molecule has 0 aliphatic carbocycles. The second kappa shape index (κ2) is 4.69. The molecule has 0 atom stereocenters. The Morgan fingerprint density at radius 3 is 2.36 bits per heavy atom. The number of halogens is 1. The highest BCUT2D eigenvalue weighted by Gasteiger charge is 2.00. The first-order valence-electron chi connectivity index (χ1n) is 4.18. The molecule has 0 saturated heterocycles. The van der Waals surface area contributed by atoms with Crippen LogP contribution in [0.1, 0.15) is 5.56 Å². The molecule has 0 fully saturated rings. The topological polar surface area (TPSA) is 27.0 Å². The molecule has 3 heteroatoms. The Morgan fingerprint density at radius 1 is 1.36 bits per heavy atom. The minimum atomic E-state index is 0.631. The summed E-state index contributed by atoms with van der Waals surface area (Å²) in [6, 6.07) is 9.36. The van der Waals surface area contributed by atoms with Gasteiger partial charge in [-0.15, -0.1) is 0 Å². The van der Waals surface area contributed by atoms with Crippen molar-refractivity contribution < 1.29 is 0 Å². The molecule has 0 unspecified atom stereocenters. The largest absolute Gasteiger partial charge is 0.382 e. The Kier molecular flexibility index (Phi) is 3.55. The van der Waals surface area contributed by atoms with Gasteiger partial charge in [0, 0.05) is 25.3 Å². The Bertz CT molecular complexity index is 371. The second-order valence-electron chi connectivity index (χ2n) is 3.13. The van der Waals surface area contributed by atoms with Crippen LogP contribution in [0.2, 0.25) is 5.02 Å². The fourth-order valence-corrected chi connectivity index (χ4v) is 1.18. The van der Waals surface area contributed by atoms with Crippen LogP contribution in [0, 0.1) is 11.3 Å². The fraction of sp³-hybridized carbons (Fsp3) is 0.182. The third-order valence-electron chi connectivity index (χ3n) is 1.66. The zero-order valence-corrected chi connectivity index (χ0v) is 8.92. The van der Waals surface area contributed by atoms with Crippen molar-refractivity contribution in [1.82, 2.24) is 4.90 Å². The van der Waals surface area contributed by atoms with Gasteiger partial charge in [0.1, 0.15) is 6.07 Å². The lowest BCUT2D eigenvalue weighted by atomic mass is 10.1. The minimum Gasteiger partial charge on any atom is -0.382 e. The van der Waals surface area contributed by atoms with Crippen LogP contribution in [0.4, 0.5) is 0 Å². The molecule has 0 saturated carbocycles. The molecule has 0 aliphatic rings. The van der Waals surface area contributed by atoms with E-state index in [0.717, 1.165) is 5.56 Å². The molecule has 0 heterocycles. The van der Waals surface area contributed by atoms with E-state index >= 15 is 0 Å². The molecule has 14 heavy (non-hydrogen) atoms. The Hall–Kier alpha value is -1.46. The van der Waals surface area contributed by atoms with Gasteiger partial charge >= 0.3 is 0 Å². The lowest BCUT2D eigenvalue weighted by Gasteiger charge is -2.06. The molecule has 1 rings (SSSR count). The monoisotopic (exact) mass is 206 g/mol. The van der Waals surface area contributed by atoms with E-state index in [4.69, 9.17) is 16.9 Å². The van der Waals surface area contributed by atoms with Crippen molar-refractivity contribution in [3.05, 3.63) is 41.1 Å². The average Bonchev–Trinajstić information content (AvgIpc) is 2.15. The Labute approximate surface area is 89.0 Å². The van der Waals surface area contributed by atoms with Crippen LogP contribution in [-0.2, 0) is 0 Å². The Balaban J connectivity index is 3.03. The summed E-state index contributed by atoms with van der Waals surface area (Å²) in [7, 11) is 3.76. The Morgan fingerprint density at radius 2 is 1.93 bits per heavy atom. The summed E-state index contributed by atoms with van der Waals surface area (Å²) < 4.78 is 0. The van der Waals surface area contributed by atoms with Gasteiger partial charge in [-0.2, -0.15) is 5.26 Å². The summed E-state index contributed by atoms with van der Waals surface area (Å²) in [5.74, 6) is 0. The SMILES string of the molecule is CN(C)/C=C(/C#N)c1ccc(Cl)cc1. The highest BCUT2D eigenvalue weighted by molar-refractivity contribution is 6.30. The lowest BCUT2D eigenvalue weighted by molar-refractivity contribution is 0.566. The van der Waals surface area contributed by atoms with E-state index in [0.29, 0.717) is 10.6 Å². The molecule has 2 nitrogen and oxygen atoms in total. The number of nitriles is 1. The minimum absolute atomic E-state index is 0.631. The average molecular weight is 207 g/mol. The van der Waals surface area contributed by atoms with Crippen molar-refractivity contribution >= 4 is 17.2 Å². The molecule has 0 aliphatic heterocycles. The van der Waals surface area contributed by atoms with Crippen LogP contribution in [0.5, 0.6) is 0 Å². The fourth-order valence-electron chi connectivity index (χ4n) is 1.06. The van der Waals surface area contributed by atoms with Crippen molar-refractivity contribution in [1.29, 1.82) is 5.26 Å². The summed E-state index contributed by atoms with van der Waals surface area (Å²) in [5, 5.41) is 9.60. The first-order valence-corrected chi connectivity index (χ1v) is 4.55. The molecule has 0 N–H and O–H groups in total. The zero-order valence-electron chi connectivity index (χ0n) is 8.16. The molecule has 0 amide bonds. The maximum atomic E-state index is 8.92. The van der Waals surface area contributed by atoms with Crippen LogP contribution < -0.4 is 0 Å². The van der Waals surface area contributed by atoms with E-state index in [-0.39, 0.29) is 0 Å². The number of hydrogen-bond acceptors (Lipinski definition) is 2. The van der Waals surface area contributed by atoms with Gasteiger partial charge < -0.3 is 4.90 Å². The number of benzene rings is 1. The van der Waals surface area contributed by atoms with Crippen LogP contribution in [0.3, 0.4) is 0 Å². The smallest absolute Gasteiger partial charge is 0.101 e. The van der Waals surface area contributed by atoms with E-state index in [1.165, 1.54) is 0 Å². The van der Waals surface area contributed by atoms with E-state index in [9.17, 15) is 0 Å². The summed E-state index contributed by atoms with van der Waals surface area (Å²) in [4.78, 5) is 1.84. The first kappa shape index (κ1) is 10.6. The maximum absolute atomic E-state index is 8.92. The summed E-state index contributed by atoms with van der Waals surface area (Å²) in [6.45, 7) is 0. The van der Waals surface area contributed by atoms with E-state index in [1.807, 2.05) is 31.1 Å². The summed E-state index contributed by atoms with van der Waals surface area (Å²) in [6.07, 6.45) is 1.78. The maximum Gasteiger partial charge on any atom is 0.101 e. The van der Waals surface area contributed by atoms with Crippen molar-refractivity contribution in [2.24, 2.45) is 0 Å². The molecule has 0 spiro atoms. The van der Waals surface area contributed by atoms with E-state index in [2.05, 4.69) is 6.07 Å². The van der Waals surface area contributed by atoms with E-state index < -0.39 is 0 Å². The van der Waals surface area contributed by atoms with Crippen LogP contribution in [-0.4, -0.2) is 19.0 Å². The van der Waals surface area contributed by atoms with Crippen LogP contribution in [0.15, 0.2) is 30.5 Å². The predicted molar refractivity (Wildman–Crippen MR) is 58.7 cm³/mol. The van der Waals surface area contributed by atoms with Crippen LogP contribution in [0.25, 0.3) is 5.57 Å². The molecule has 1 aromatic carbocycles. The number of hydrogen-bond donors (Lipinski definition) is 0. The normalized spacial score (nSPS) is 10.9. The van der Waals surface area contributed by atoms with Gasteiger partial charge in [0.05, 0.1) is 5.57 Å². The molecular weight excluding hydrogens is 196 g/mol.